The van der Waals surface area contributed by atoms with Gasteiger partial charge < -0.3 is 35.8 Å². The third kappa shape index (κ3) is 5.39. The Hall–Kier alpha value is -3.08. The maximum Gasteiger partial charge on any atom is 0.353 e. The summed E-state index contributed by atoms with van der Waals surface area (Å²) >= 11 is 1.36. The van der Waals surface area contributed by atoms with Gasteiger partial charge in [0.2, 0.25) is 17.7 Å². The highest BCUT2D eigenvalue weighted by Gasteiger charge is 2.60. The SMILES string of the molecule is C[C@@H](NC(=O)Cn1cnnn1)[C@H]1C(=O)N2C(C(=O)O)=C(S[C@@H]3CN[C@H](C(=O)N(CCO)CCO)C3)[C@H](C)[C@H]12. The Morgan fingerprint density at radius 2 is 2.00 bits per heavy atom. The molecule has 0 unspecified atom stereocenters. The number of carboxylic acids is 1. The number of amides is 3. The number of aliphatic hydroxyl groups is 2. The number of carbonyl (C=O) groups is 4. The lowest BCUT2D eigenvalue weighted by Gasteiger charge is -2.47. The molecule has 4 rings (SSSR count). The number of rotatable bonds is 12. The number of aliphatic carboxylic acids is 1. The van der Waals surface area contributed by atoms with Crippen LogP contribution >= 0.6 is 11.8 Å². The van der Waals surface area contributed by atoms with E-state index in [2.05, 4.69) is 26.2 Å². The van der Waals surface area contributed by atoms with Crippen molar-refractivity contribution in [1.82, 2.24) is 40.6 Å². The second-order valence-electron chi connectivity index (χ2n) is 9.60. The van der Waals surface area contributed by atoms with Crippen LogP contribution in [0.1, 0.15) is 20.3 Å². The highest BCUT2D eigenvalue weighted by molar-refractivity contribution is 8.03. The van der Waals surface area contributed by atoms with Crippen LogP contribution in [-0.2, 0) is 25.7 Å². The fraction of sp³-hybridized carbons (Fsp3) is 0.682. The molecule has 4 heterocycles. The Morgan fingerprint density at radius 3 is 2.61 bits per heavy atom. The molecule has 0 spiro atoms. The van der Waals surface area contributed by atoms with Gasteiger partial charge in [0.25, 0.3) is 0 Å². The molecule has 3 aliphatic heterocycles. The van der Waals surface area contributed by atoms with Crippen molar-refractivity contribution in [2.75, 3.05) is 32.8 Å². The highest BCUT2D eigenvalue weighted by atomic mass is 32.2. The molecule has 0 aromatic carbocycles. The standard InChI is InChI=1S/C22H32N8O7S/c1-11-17-16(12(2)25-15(33)9-29-10-24-26-27-29)21(35)30(17)18(22(36)37)19(11)38-13-7-14(23-8-13)20(34)28(3-5-31)4-6-32/h10-14,16-17,23,31-32H,3-9H2,1-2H3,(H,25,33)(H,36,37)/t11-,12-,13+,14+,16-,17-/m1/s1. The zero-order valence-electron chi connectivity index (χ0n) is 21.1. The Morgan fingerprint density at radius 1 is 1.29 bits per heavy atom. The molecule has 1 aromatic heterocycles. The van der Waals surface area contributed by atoms with E-state index < -0.39 is 30.0 Å². The van der Waals surface area contributed by atoms with Crippen molar-refractivity contribution in [3.63, 3.8) is 0 Å². The van der Waals surface area contributed by atoms with Gasteiger partial charge in [0.15, 0.2) is 0 Å². The lowest BCUT2D eigenvalue weighted by molar-refractivity contribution is -0.158. The molecule has 0 aliphatic carbocycles. The van der Waals surface area contributed by atoms with E-state index in [1.54, 1.807) is 6.92 Å². The lowest BCUT2D eigenvalue weighted by Crippen LogP contribution is -2.66. The lowest BCUT2D eigenvalue weighted by atomic mass is 9.78. The van der Waals surface area contributed by atoms with E-state index in [4.69, 9.17) is 0 Å². The number of tetrazole rings is 1. The Bertz CT molecular complexity index is 1090. The predicted octanol–water partition coefficient (Wildman–Crippen LogP) is -2.77. The average Bonchev–Trinajstić information content (AvgIpc) is 3.59. The minimum Gasteiger partial charge on any atom is -0.477 e. The van der Waals surface area contributed by atoms with Gasteiger partial charge in [-0.3, -0.25) is 14.4 Å². The van der Waals surface area contributed by atoms with Crippen molar-refractivity contribution in [3.05, 3.63) is 16.9 Å². The van der Waals surface area contributed by atoms with Crippen LogP contribution in [0, 0.1) is 11.8 Å². The van der Waals surface area contributed by atoms with Gasteiger partial charge >= 0.3 is 5.97 Å². The average molecular weight is 553 g/mol. The number of hydrogen-bond acceptors (Lipinski definition) is 11. The maximum absolute atomic E-state index is 13.1. The summed E-state index contributed by atoms with van der Waals surface area (Å²) in [5.74, 6) is -3.01. The second-order valence-corrected chi connectivity index (χ2v) is 10.9. The first-order valence-electron chi connectivity index (χ1n) is 12.4. The van der Waals surface area contributed by atoms with Crippen LogP contribution in [-0.4, -0.2) is 125 Å². The van der Waals surface area contributed by atoms with Crippen molar-refractivity contribution in [2.45, 2.75) is 50.2 Å². The van der Waals surface area contributed by atoms with Gasteiger partial charge in [-0.05, 0) is 23.8 Å². The van der Waals surface area contributed by atoms with E-state index in [0.717, 1.165) is 0 Å². The molecule has 2 fully saturated rings. The molecule has 2 saturated heterocycles. The summed E-state index contributed by atoms with van der Waals surface area (Å²) in [4.78, 5) is 53.8. The largest absolute Gasteiger partial charge is 0.477 e. The summed E-state index contributed by atoms with van der Waals surface area (Å²) in [5.41, 5.74) is -0.0436. The zero-order chi connectivity index (χ0) is 27.6. The van der Waals surface area contributed by atoms with Crippen molar-refractivity contribution in [3.8, 4) is 0 Å². The fourth-order valence-corrected chi connectivity index (χ4v) is 6.92. The molecular weight excluding hydrogens is 520 g/mol. The smallest absolute Gasteiger partial charge is 0.353 e. The van der Waals surface area contributed by atoms with Crippen LogP contribution in [0.2, 0.25) is 0 Å². The van der Waals surface area contributed by atoms with E-state index in [9.17, 15) is 34.5 Å². The molecule has 38 heavy (non-hydrogen) atoms. The van der Waals surface area contributed by atoms with Crippen molar-refractivity contribution in [2.24, 2.45) is 11.8 Å². The maximum atomic E-state index is 13.1. The topological polar surface area (TPSA) is 203 Å². The number of fused-ring (bicyclic) bond motifs is 1. The minimum absolute atomic E-state index is 0.0436. The number of nitrogens with zero attached hydrogens (tertiary/aromatic N) is 6. The Kier molecular flexibility index (Phi) is 8.64. The zero-order valence-corrected chi connectivity index (χ0v) is 21.9. The summed E-state index contributed by atoms with van der Waals surface area (Å²) in [6, 6.07) is -1.46. The molecule has 3 amide bonds. The molecule has 208 valence electrons. The molecule has 0 radical (unpaired) electrons. The van der Waals surface area contributed by atoms with Crippen LogP contribution < -0.4 is 10.6 Å². The summed E-state index contributed by atoms with van der Waals surface area (Å²) < 4.78 is 1.26. The molecule has 0 bridgehead atoms. The molecule has 16 heteroatoms. The molecule has 3 aliphatic rings. The Labute approximate surface area is 222 Å². The van der Waals surface area contributed by atoms with Gasteiger partial charge in [0.1, 0.15) is 18.6 Å². The summed E-state index contributed by atoms with van der Waals surface area (Å²) in [6.07, 6.45) is 1.74. The van der Waals surface area contributed by atoms with Gasteiger partial charge in [-0.25, -0.2) is 9.48 Å². The van der Waals surface area contributed by atoms with Crippen LogP contribution in [0.15, 0.2) is 16.9 Å². The highest BCUT2D eigenvalue weighted by Crippen LogP contribution is 2.51. The third-order valence-electron chi connectivity index (χ3n) is 7.15. The fourth-order valence-electron chi connectivity index (χ4n) is 5.44. The van der Waals surface area contributed by atoms with Gasteiger partial charge in [-0.1, -0.05) is 6.92 Å². The summed E-state index contributed by atoms with van der Waals surface area (Å²) in [7, 11) is 0. The number of thioether (sulfide) groups is 1. The number of β-lactam (4-membered cyclic amide) rings is 1. The van der Waals surface area contributed by atoms with Crippen LogP contribution in [0.5, 0.6) is 0 Å². The molecule has 5 N–H and O–H groups in total. The van der Waals surface area contributed by atoms with E-state index in [0.29, 0.717) is 17.9 Å². The predicted molar refractivity (Wildman–Crippen MR) is 132 cm³/mol. The van der Waals surface area contributed by atoms with E-state index in [1.165, 1.54) is 32.6 Å². The first-order valence-corrected chi connectivity index (χ1v) is 13.3. The molecule has 1 aromatic rings. The molecule has 6 atom stereocenters. The number of nitrogens with one attached hydrogen (secondary N) is 2. The number of aromatic nitrogens is 4. The number of carbonyl (C=O) groups excluding carboxylic acids is 3. The van der Waals surface area contributed by atoms with E-state index >= 15 is 0 Å². The van der Waals surface area contributed by atoms with E-state index in [1.807, 2.05) is 6.92 Å². The van der Waals surface area contributed by atoms with Gasteiger partial charge in [0, 0.05) is 41.7 Å². The summed E-state index contributed by atoms with van der Waals surface area (Å²) in [6.45, 7) is 3.75. The van der Waals surface area contributed by atoms with E-state index in [-0.39, 0.29) is 67.4 Å². The van der Waals surface area contributed by atoms with Crippen LogP contribution in [0.25, 0.3) is 0 Å². The van der Waals surface area contributed by atoms with Crippen LogP contribution in [0.4, 0.5) is 0 Å². The number of hydrogen-bond donors (Lipinski definition) is 5. The quantitative estimate of drug-likeness (QED) is 0.167. The first kappa shape index (κ1) is 27.9. The molecular formula is C22H32N8O7S. The van der Waals surface area contributed by atoms with Gasteiger partial charge in [0.05, 0.1) is 31.2 Å². The van der Waals surface area contributed by atoms with Gasteiger partial charge in [-0.2, -0.15) is 0 Å². The minimum atomic E-state index is -1.19. The van der Waals surface area contributed by atoms with Crippen molar-refractivity contribution >= 4 is 35.5 Å². The van der Waals surface area contributed by atoms with Crippen LogP contribution in [0.3, 0.4) is 0 Å². The molecule has 15 nitrogen and oxygen atoms in total. The monoisotopic (exact) mass is 552 g/mol. The Balaban J connectivity index is 1.41. The summed E-state index contributed by atoms with van der Waals surface area (Å²) in [5, 5.41) is 44.9. The van der Waals surface area contributed by atoms with Gasteiger partial charge in [-0.15, -0.1) is 16.9 Å². The number of aliphatic hydroxyl groups excluding tert-OH is 2. The second kappa shape index (κ2) is 11.8. The third-order valence-corrected chi connectivity index (χ3v) is 8.66. The van der Waals surface area contributed by atoms with Crippen molar-refractivity contribution < 1.29 is 34.5 Å². The number of carboxylic acid groups (broad SMARTS) is 1. The first-order chi connectivity index (χ1) is 18.2. The van der Waals surface area contributed by atoms with Crippen molar-refractivity contribution in [1.29, 1.82) is 0 Å². The molecule has 0 saturated carbocycles. The normalized spacial score (nSPS) is 27.2.